The van der Waals surface area contributed by atoms with Gasteiger partial charge < -0.3 is 10.0 Å². The summed E-state index contributed by atoms with van der Waals surface area (Å²) in [7, 11) is 0. The van der Waals surface area contributed by atoms with Gasteiger partial charge in [-0.05, 0) is 62.8 Å². The van der Waals surface area contributed by atoms with E-state index in [-0.39, 0.29) is 5.91 Å². The molecule has 1 amide bonds. The molecule has 0 aromatic heterocycles. The van der Waals surface area contributed by atoms with E-state index in [2.05, 4.69) is 6.07 Å². The van der Waals surface area contributed by atoms with Crippen molar-refractivity contribution in [1.29, 1.82) is 0 Å². The molecule has 1 aliphatic heterocycles. The largest absolute Gasteiger partial charge is 0.478 e. The second-order valence-corrected chi connectivity index (χ2v) is 7.28. The summed E-state index contributed by atoms with van der Waals surface area (Å²) in [6, 6.07) is 13.2. The van der Waals surface area contributed by atoms with E-state index in [0.717, 1.165) is 54.6 Å². The van der Waals surface area contributed by atoms with Crippen LogP contribution in [0.15, 0.2) is 42.5 Å². The molecule has 3 rings (SSSR count). The predicted octanol–water partition coefficient (Wildman–Crippen LogP) is 4.10. The number of carbonyl (C=O) groups is 2. The van der Waals surface area contributed by atoms with Gasteiger partial charge in [0, 0.05) is 18.7 Å². The highest BCUT2D eigenvalue weighted by molar-refractivity contribution is 5.94. The van der Waals surface area contributed by atoms with Gasteiger partial charge in [-0.3, -0.25) is 4.79 Å². The van der Waals surface area contributed by atoms with E-state index >= 15 is 0 Å². The maximum atomic E-state index is 12.8. The molecule has 1 heterocycles. The SMILES string of the molecule is Cc1cc(C)cc(C(=O)N2CCC(Cc3ccccc3C(=O)O)CC2)c1. The highest BCUT2D eigenvalue weighted by atomic mass is 16.4. The van der Waals surface area contributed by atoms with Gasteiger partial charge in [-0.15, -0.1) is 0 Å². The quantitative estimate of drug-likeness (QED) is 0.902. The van der Waals surface area contributed by atoms with Crippen molar-refractivity contribution < 1.29 is 14.7 Å². The smallest absolute Gasteiger partial charge is 0.335 e. The van der Waals surface area contributed by atoms with Gasteiger partial charge in [-0.2, -0.15) is 0 Å². The van der Waals surface area contributed by atoms with Crippen LogP contribution < -0.4 is 0 Å². The molecule has 1 aliphatic rings. The number of rotatable bonds is 4. The Hall–Kier alpha value is -2.62. The summed E-state index contributed by atoms with van der Waals surface area (Å²) in [5.74, 6) is -0.358. The third kappa shape index (κ3) is 4.13. The van der Waals surface area contributed by atoms with Crippen LogP contribution in [0.1, 0.15) is 50.2 Å². The van der Waals surface area contributed by atoms with Crippen molar-refractivity contribution in [1.82, 2.24) is 4.90 Å². The topological polar surface area (TPSA) is 57.6 Å². The third-order valence-electron chi connectivity index (χ3n) is 5.13. The van der Waals surface area contributed by atoms with Crippen molar-refractivity contribution in [3.63, 3.8) is 0 Å². The van der Waals surface area contributed by atoms with E-state index < -0.39 is 5.97 Å². The first-order valence-electron chi connectivity index (χ1n) is 9.13. The second kappa shape index (κ2) is 7.73. The number of likely N-dealkylation sites (tertiary alicyclic amines) is 1. The van der Waals surface area contributed by atoms with Gasteiger partial charge >= 0.3 is 5.97 Å². The molecule has 2 aromatic carbocycles. The van der Waals surface area contributed by atoms with Crippen molar-refractivity contribution in [3.8, 4) is 0 Å². The first-order valence-corrected chi connectivity index (χ1v) is 9.13. The molecule has 0 saturated carbocycles. The zero-order valence-electron chi connectivity index (χ0n) is 15.4. The van der Waals surface area contributed by atoms with Gasteiger partial charge in [0.1, 0.15) is 0 Å². The first kappa shape index (κ1) is 18.2. The number of nitrogens with zero attached hydrogens (tertiary/aromatic N) is 1. The number of aromatic carboxylic acids is 1. The molecule has 1 N–H and O–H groups in total. The lowest BCUT2D eigenvalue weighted by Crippen LogP contribution is -2.39. The fourth-order valence-corrected chi connectivity index (χ4v) is 3.84. The van der Waals surface area contributed by atoms with E-state index in [1.165, 1.54) is 0 Å². The van der Waals surface area contributed by atoms with Crippen LogP contribution in [-0.2, 0) is 6.42 Å². The van der Waals surface area contributed by atoms with E-state index in [4.69, 9.17) is 0 Å². The van der Waals surface area contributed by atoms with Crippen LogP contribution in [0.3, 0.4) is 0 Å². The minimum Gasteiger partial charge on any atom is -0.478 e. The minimum atomic E-state index is -0.872. The highest BCUT2D eigenvalue weighted by Crippen LogP contribution is 2.25. The summed E-state index contributed by atoms with van der Waals surface area (Å²) in [4.78, 5) is 26.0. The van der Waals surface area contributed by atoms with E-state index in [0.29, 0.717) is 11.5 Å². The minimum absolute atomic E-state index is 0.0983. The summed E-state index contributed by atoms with van der Waals surface area (Å²) in [6.07, 6.45) is 2.57. The van der Waals surface area contributed by atoms with Crippen molar-refractivity contribution >= 4 is 11.9 Å². The number of carboxylic acid groups (broad SMARTS) is 1. The molecule has 2 aromatic rings. The van der Waals surface area contributed by atoms with Crippen molar-refractivity contribution in [2.75, 3.05) is 13.1 Å². The maximum Gasteiger partial charge on any atom is 0.335 e. The number of carbonyl (C=O) groups excluding carboxylic acids is 1. The van der Waals surface area contributed by atoms with Crippen molar-refractivity contribution in [2.24, 2.45) is 5.92 Å². The second-order valence-electron chi connectivity index (χ2n) is 7.28. The molecule has 0 atom stereocenters. The number of hydrogen-bond donors (Lipinski definition) is 1. The van der Waals surface area contributed by atoms with Gasteiger partial charge in [0.25, 0.3) is 5.91 Å². The Balaban J connectivity index is 1.63. The first-order chi connectivity index (χ1) is 12.4. The molecule has 0 aliphatic carbocycles. The molecule has 0 bridgehead atoms. The average Bonchev–Trinajstić information content (AvgIpc) is 2.61. The van der Waals surface area contributed by atoms with Crippen LogP contribution >= 0.6 is 0 Å². The molecule has 1 fully saturated rings. The molecule has 4 nitrogen and oxygen atoms in total. The maximum absolute atomic E-state index is 12.8. The van der Waals surface area contributed by atoms with E-state index in [1.807, 2.05) is 43.0 Å². The Bertz CT molecular complexity index is 800. The summed E-state index contributed by atoms with van der Waals surface area (Å²) in [5, 5.41) is 9.33. The Morgan fingerprint density at radius 2 is 1.65 bits per heavy atom. The summed E-state index contributed by atoms with van der Waals surface area (Å²) >= 11 is 0. The van der Waals surface area contributed by atoms with Crippen LogP contribution in [-0.4, -0.2) is 35.0 Å². The normalized spacial score (nSPS) is 15.1. The Kier molecular flexibility index (Phi) is 5.40. The Labute approximate surface area is 154 Å². The molecular formula is C22H25NO3. The number of piperidine rings is 1. The third-order valence-corrected chi connectivity index (χ3v) is 5.13. The molecule has 136 valence electrons. The van der Waals surface area contributed by atoms with Gasteiger partial charge in [0.05, 0.1) is 5.56 Å². The fraction of sp³-hybridized carbons (Fsp3) is 0.364. The lowest BCUT2D eigenvalue weighted by atomic mass is 9.88. The molecule has 26 heavy (non-hydrogen) atoms. The fourth-order valence-electron chi connectivity index (χ4n) is 3.84. The highest BCUT2D eigenvalue weighted by Gasteiger charge is 2.25. The molecular weight excluding hydrogens is 326 g/mol. The molecule has 4 heteroatoms. The summed E-state index contributed by atoms with van der Waals surface area (Å²) in [6.45, 7) is 5.48. The van der Waals surface area contributed by atoms with Crippen LogP contribution in [0.2, 0.25) is 0 Å². The molecule has 0 radical (unpaired) electrons. The van der Waals surface area contributed by atoms with Gasteiger partial charge in [0.2, 0.25) is 0 Å². The van der Waals surface area contributed by atoms with Crippen LogP contribution in [0.4, 0.5) is 0 Å². The zero-order valence-corrected chi connectivity index (χ0v) is 15.4. The van der Waals surface area contributed by atoms with Crippen LogP contribution in [0, 0.1) is 19.8 Å². The lowest BCUT2D eigenvalue weighted by Gasteiger charge is -2.32. The monoisotopic (exact) mass is 351 g/mol. The lowest BCUT2D eigenvalue weighted by molar-refractivity contribution is 0.0690. The number of hydrogen-bond acceptors (Lipinski definition) is 2. The Morgan fingerprint density at radius 3 is 2.27 bits per heavy atom. The van der Waals surface area contributed by atoms with Crippen molar-refractivity contribution in [2.45, 2.75) is 33.1 Å². The van der Waals surface area contributed by atoms with Crippen LogP contribution in [0.25, 0.3) is 0 Å². The number of benzene rings is 2. The number of carboxylic acids is 1. The molecule has 0 spiro atoms. The number of amides is 1. The van der Waals surface area contributed by atoms with Gasteiger partial charge in [0.15, 0.2) is 0 Å². The molecule has 0 unspecified atom stereocenters. The Morgan fingerprint density at radius 1 is 1.04 bits per heavy atom. The molecule has 1 saturated heterocycles. The zero-order chi connectivity index (χ0) is 18.7. The van der Waals surface area contributed by atoms with Crippen LogP contribution in [0.5, 0.6) is 0 Å². The summed E-state index contributed by atoms with van der Waals surface area (Å²) in [5.41, 5.74) is 4.25. The van der Waals surface area contributed by atoms with Gasteiger partial charge in [-0.25, -0.2) is 4.79 Å². The standard InChI is InChI=1S/C22H25NO3/c1-15-11-16(2)13-19(12-15)21(24)23-9-7-17(8-10-23)14-18-5-3-4-6-20(18)22(25)26/h3-6,11-13,17H,7-10,14H2,1-2H3,(H,25,26). The number of aryl methyl sites for hydroxylation is 2. The van der Waals surface area contributed by atoms with E-state index in [9.17, 15) is 14.7 Å². The van der Waals surface area contributed by atoms with E-state index in [1.54, 1.807) is 12.1 Å². The van der Waals surface area contributed by atoms with Crippen molar-refractivity contribution in [3.05, 3.63) is 70.3 Å². The summed E-state index contributed by atoms with van der Waals surface area (Å²) < 4.78 is 0. The predicted molar refractivity (Wildman–Crippen MR) is 102 cm³/mol. The van der Waals surface area contributed by atoms with Gasteiger partial charge in [-0.1, -0.05) is 35.4 Å². The average molecular weight is 351 g/mol.